The first kappa shape index (κ1) is 21.8. The molecule has 0 bridgehead atoms. The summed E-state index contributed by atoms with van der Waals surface area (Å²) in [6.07, 6.45) is 5.84. The topological polar surface area (TPSA) is 81.5 Å². The normalized spacial score (nSPS) is 18.2. The van der Waals surface area contributed by atoms with Gasteiger partial charge in [-0.1, -0.05) is 23.7 Å². The highest BCUT2D eigenvalue weighted by atomic mass is 35.5. The Morgan fingerprint density at radius 3 is 2.41 bits per heavy atom. The van der Waals surface area contributed by atoms with E-state index in [-0.39, 0.29) is 0 Å². The van der Waals surface area contributed by atoms with Crippen molar-refractivity contribution in [1.29, 1.82) is 0 Å². The maximum Gasteiger partial charge on any atom is 0.291 e. The first-order chi connectivity index (χ1) is 15.5. The molecule has 164 valence electrons. The lowest BCUT2D eigenvalue weighted by molar-refractivity contribution is -0.140. The molecule has 4 rings (SSSR count). The molecular weight excluding hydrogens is 430 g/mol. The van der Waals surface area contributed by atoms with E-state index in [9.17, 15) is 14.4 Å². The molecule has 1 fully saturated rings. The summed E-state index contributed by atoms with van der Waals surface area (Å²) >= 11 is 5.94. The molecule has 1 amide bonds. The number of ketones is 2. The summed E-state index contributed by atoms with van der Waals surface area (Å²) in [5.74, 6) is -2.18. The third-order valence-electron chi connectivity index (χ3n) is 5.65. The summed E-state index contributed by atoms with van der Waals surface area (Å²) in [4.78, 5) is 44.9. The number of halogens is 1. The van der Waals surface area contributed by atoms with Crippen LogP contribution in [0.1, 0.15) is 28.4 Å². The second-order valence-corrected chi connectivity index (χ2v) is 8.02. The highest BCUT2D eigenvalue weighted by Gasteiger charge is 2.51. The number of methoxy groups -OCH3 is 1. The molecule has 0 radical (unpaired) electrons. The van der Waals surface area contributed by atoms with Crippen LogP contribution in [0.2, 0.25) is 5.02 Å². The Hall–Kier alpha value is -3.45. The van der Waals surface area contributed by atoms with Crippen molar-refractivity contribution in [1.82, 2.24) is 14.5 Å². The Kier molecular flexibility index (Phi) is 6.37. The number of ether oxygens (including phenoxy) is 1. The van der Waals surface area contributed by atoms with Gasteiger partial charge in [0.15, 0.2) is 5.78 Å². The van der Waals surface area contributed by atoms with Gasteiger partial charge in [-0.3, -0.25) is 14.4 Å². The molecule has 0 saturated carbocycles. The van der Waals surface area contributed by atoms with Crippen LogP contribution in [0.15, 0.2) is 67.3 Å². The molecule has 0 aliphatic carbocycles. The quantitative estimate of drug-likeness (QED) is 0.297. The lowest BCUT2D eigenvalue weighted by Gasteiger charge is -2.27. The molecule has 7 nitrogen and oxygen atoms in total. The van der Waals surface area contributed by atoms with Gasteiger partial charge in [0.2, 0.25) is 5.78 Å². The Morgan fingerprint density at radius 2 is 1.78 bits per heavy atom. The fraction of sp³-hybridized carbons (Fsp3) is 0.250. The number of aromatic nitrogens is 2. The van der Waals surface area contributed by atoms with Crippen molar-refractivity contribution in [3.8, 4) is 5.75 Å². The van der Waals surface area contributed by atoms with Crippen molar-refractivity contribution in [2.75, 3.05) is 13.7 Å². The minimum atomic E-state index is -1.12. The van der Waals surface area contributed by atoms with Crippen LogP contribution >= 0.6 is 11.6 Å². The number of imidazole rings is 1. The van der Waals surface area contributed by atoms with Crippen molar-refractivity contribution in [2.24, 2.45) is 5.92 Å². The summed E-state index contributed by atoms with van der Waals surface area (Å²) in [6.45, 7) is 0.979. The summed E-state index contributed by atoms with van der Waals surface area (Å²) in [5.41, 5.74) is 1.05. The number of Topliss-reactive ketones (excluding diaryl/α,β-unsaturated/α-hetero) is 2. The summed E-state index contributed by atoms with van der Waals surface area (Å²) in [5, 5.41) is 0.489. The van der Waals surface area contributed by atoms with Gasteiger partial charge in [0.05, 0.1) is 19.5 Å². The molecule has 2 unspecified atom stereocenters. The molecular formula is C24H22ClN3O4. The fourth-order valence-corrected chi connectivity index (χ4v) is 4.16. The number of amides is 1. The monoisotopic (exact) mass is 451 g/mol. The highest BCUT2D eigenvalue weighted by molar-refractivity contribution is 6.44. The second-order valence-electron chi connectivity index (χ2n) is 7.58. The van der Waals surface area contributed by atoms with Gasteiger partial charge in [-0.05, 0) is 48.4 Å². The van der Waals surface area contributed by atoms with Gasteiger partial charge < -0.3 is 14.2 Å². The van der Waals surface area contributed by atoms with Gasteiger partial charge in [0, 0.05) is 36.1 Å². The molecule has 2 heterocycles. The van der Waals surface area contributed by atoms with Crippen LogP contribution in [0.4, 0.5) is 0 Å². The minimum absolute atomic E-state index is 0.337. The maximum atomic E-state index is 13.3. The van der Waals surface area contributed by atoms with E-state index in [1.54, 1.807) is 68.2 Å². The number of carbonyl (C=O) groups is 3. The van der Waals surface area contributed by atoms with E-state index < -0.39 is 29.4 Å². The van der Waals surface area contributed by atoms with Crippen LogP contribution in [0.25, 0.3) is 0 Å². The van der Waals surface area contributed by atoms with Gasteiger partial charge in [-0.2, -0.15) is 0 Å². The largest absolute Gasteiger partial charge is 0.497 e. The number of benzene rings is 2. The second kappa shape index (κ2) is 9.36. The zero-order chi connectivity index (χ0) is 22.7. The van der Waals surface area contributed by atoms with Gasteiger partial charge in [0.25, 0.3) is 5.91 Å². The van der Waals surface area contributed by atoms with Crippen molar-refractivity contribution in [2.45, 2.75) is 19.0 Å². The van der Waals surface area contributed by atoms with Crippen molar-refractivity contribution < 1.29 is 19.1 Å². The number of hydrogen-bond donors (Lipinski definition) is 0. The first-order valence-corrected chi connectivity index (χ1v) is 10.6. The number of aryl methyl sites for hydroxylation is 1. The Bertz CT molecular complexity index is 1110. The van der Waals surface area contributed by atoms with Crippen molar-refractivity contribution in [3.63, 3.8) is 0 Å². The SMILES string of the molecule is COc1ccc(C2C(C(=O)c3ccc(Cl)cc3)C(=O)C(=O)N2CCCn2ccnc2)cc1. The van der Waals surface area contributed by atoms with E-state index in [1.807, 2.05) is 10.8 Å². The highest BCUT2D eigenvalue weighted by Crippen LogP contribution is 2.39. The Balaban J connectivity index is 1.66. The van der Waals surface area contributed by atoms with E-state index in [1.165, 1.54) is 4.90 Å². The van der Waals surface area contributed by atoms with Gasteiger partial charge in [-0.25, -0.2) is 4.98 Å². The van der Waals surface area contributed by atoms with Crippen LogP contribution in [-0.2, 0) is 16.1 Å². The van der Waals surface area contributed by atoms with Gasteiger partial charge >= 0.3 is 0 Å². The predicted molar refractivity (Wildman–Crippen MR) is 119 cm³/mol. The first-order valence-electron chi connectivity index (χ1n) is 10.2. The van der Waals surface area contributed by atoms with Crippen molar-refractivity contribution >= 4 is 29.1 Å². The number of nitrogens with zero attached hydrogens (tertiary/aromatic N) is 3. The lowest BCUT2D eigenvalue weighted by atomic mass is 9.86. The van der Waals surface area contributed by atoms with Crippen LogP contribution < -0.4 is 4.74 Å². The molecule has 8 heteroatoms. The van der Waals surface area contributed by atoms with E-state index in [4.69, 9.17) is 16.3 Å². The fourth-order valence-electron chi connectivity index (χ4n) is 4.04. The molecule has 1 aromatic heterocycles. The standard InChI is InChI=1S/C24H22ClN3O4/c1-32-19-9-5-16(6-10-19)21-20(22(29)17-3-7-18(25)8-4-17)23(30)24(31)28(21)13-2-12-27-14-11-26-15-27/h3-11,14-15,20-21H,2,12-13H2,1H3. The smallest absolute Gasteiger partial charge is 0.291 e. The predicted octanol–water partition coefficient (Wildman–Crippen LogP) is 3.59. The Labute approximate surface area is 190 Å². The Morgan fingerprint density at radius 1 is 1.06 bits per heavy atom. The molecule has 2 aromatic carbocycles. The minimum Gasteiger partial charge on any atom is -0.497 e. The molecule has 0 N–H and O–H groups in total. The van der Waals surface area contributed by atoms with E-state index in [0.717, 1.165) is 0 Å². The average molecular weight is 452 g/mol. The van der Waals surface area contributed by atoms with Crippen LogP contribution in [0, 0.1) is 5.92 Å². The number of likely N-dealkylation sites (tertiary alicyclic amines) is 1. The van der Waals surface area contributed by atoms with Crippen molar-refractivity contribution in [3.05, 3.63) is 83.4 Å². The summed E-state index contributed by atoms with van der Waals surface area (Å²) in [7, 11) is 1.56. The molecule has 1 saturated heterocycles. The van der Waals surface area contributed by atoms with Gasteiger partial charge in [0.1, 0.15) is 11.7 Å². The van der Waals surface area contributed by atoms with Crippen LogP contribution in [-0.4, -0.2) is 45.6 Å². The summed E-state index contributed by atoms with van der Waals surface area (Å²) < 4.78 is 7.13. The molecule has 0 spiro atoms. The third kappa shape index (κ3) is 4.29. The van der Waals surface area contributed by atoms with Gasteiger partial charge in [-0.15, -0.1) is 0 Å². The van der Waals surface area contributed by atoms with E-state index >= 15 is 0 Å². The number of carbonyl (C=O) groups excluding carboxylic acids is 3. The number of rotatable bonds is 8. The third-order valence-corrected chi connectivity index (χ3v) is 5.90. The molecule has 1 aliphatic rings. The molecule has 2 atom stereocenters. The van der Waals surface area contributed by atoms with E-state index in [0.29, 0.717) is 41.4 Å². The number of hydrogen-bond acceptors (Lipinski definition) is 5. The zero-order valence-corrected chi connectivity index (χ0v) is 18.2. The molecule has 3 aromatic rings. The maximum absolute atomic E-state index is 13.3. The van der Waals surface area contributed by atoms with Crippen LogP contribution in [0.3, 0.4) is 0 Å². The molecule has 32 heavy (non-hydrogen) atoms. The van der Waals surface area contributed by atoms with E-state index in [2.05, 4.69) is 4.98 Å². The average Bonchev–Trinajstić information content (AvgIpc) is 3.41. The zero-order valence-electron chi connectivity index (χ0n) is 17.5. The molecule has 1 aliphatic heterocycles. The van der Waals surface area contributed by atoms with Crippen LogP contribution in [0.5, 0.6) is 5.75 Å². The lowest BCUT2D eigenvalue weighted by Crippen LogP contribution is -2.32. The summed E-state index contributed by atoms with van der Waals surface area (Å²) in [6, 6.07) is 12.8.